The standard InChI is InChI=1S/C24H36BFN2O5/c1-22(2,3)31-21(30)27(8)17-11-13-28(14-12-17)20(29)16-9-10-19(26)18(15-16)25-32-23(4,5)24(6,7)33-25/h9-10,15,17H,11-14H2,1-8H3. The van der Waals surface area contributed by atoms with Crippen LogP contribution in [0.4, 0.5) is 9.18 Å². The topological polar surface area (TPSA) is 68.3 Å². The van der Waals surface area contributed by atoms with Gasteiger partial charge < -0.3 is 23.8 Å². The Morgan fingerprint density at radius 2 is 1.67 bits per heavy atom. The lowest BCUT2D eigenvalue weighted by Crippen LogP contribution is -2.48. The Bertz CT molecular complexity index is 891. The first-order valence-corrected chi connectivity index (χ1v) is 11.5. The zero-order chi connectivity index (χ0) is 24.8. The van der Waals surface area contributed by atoms with E-state index in [1.165, 1.54) is 18.2 Å². The zero-order valence-corrected chi connectivity index (χ0v) is 21.0. The summed E-state index contributed by atoms with van der Waals surface area (Å²) in [5, 5.41) is 0. The average Bonchev–Trinajstić information content (AvgIpc) is 2.93. The minimum atomic E-state index is -0.879. The van der Waals surface area contributed by atoms with Gasteiger partial charge in [-0.05, 0) is 79.5 Å². The smallest absolute Gasteiger partial charge is 0.444 e. The summed E-state index contributed by atoms with van der Waals surface area (Å²) < 4.78 is 32.0. The number of amides is 2. The predicted octanol–water partition coefficient (Wildman–Crippen LogP) is 3.60. The lowest BCUT2D eigenvalue weighted by Gasteiger charge is -2.37. The summed E-state index contributed by atoms with van der Waals surface area (Å²) in [4.78, 5) is 28.8. The first-order chi connectivity index (χ1) is 15.1. The Kier molecular flexibility index (Phi) is 6.88. The maximum Gasteiger partial charge on any atom is 0.497 e. The summed E-state index contributed by atoms with van der Waals surface area (Å²) in [6, 6.07) is 4.30. The van der Waals surface area contributed by atoms with Crippen LogP contribution in [0.1, 0.15) is 71.7 Å². The number of hydrogen-bond donors (Lipinski definition) is 0. The van der Waals surface area contributed by atoms with Crippen LogP contribution in [0.25, 0.3) is 0 Å². The molecule has 0 unspecified atom stereocenters. The molecule has 0 N–H and O–H groups in total. The molecule has 0 radical (unpaired) electrons. The molecule has 2 saturated heterocycles. The fourth-order valence-electron chi connectivity index (χ4n) is 3.95. The number of nitrogens with zero attached hydrogens (tertiary/aromatic N) is 2. The molecule has 0 aromatic heterocycles. The van der Waals surface area contributed by atoms with E-state index in [2.05, 4.69) is 0 Å². The second-order valence-electron chi connectivity index (χ2n) is 10.9. The zero-order valence-electron chi connectivity index (χ0n) is 21.0. The Morgan fingerprint density at radius 1 is 1.12 bits per heavy atom. The molecule has 182 valence electrons. The highest BCUT2D eigenvalue weighted by molar-refractivity contribution is 6.62. The van der Waals surface area contributed by atoms with Crippen LogP contribution in [0.15, 0.2) is 18.2 Å². The van der Waals surface area contributed by atoms with Gasteiger partial charge in [-0.1, -0.05) is 0 Å². The predicted molar refractivity (Wildman–Crippen MR) is 125 cm³/mol. The van der Waals surface area contributed by atoms with Gasteiger partial charge in [0.15, 0.2) is 0 Å². The molecule has 0 atom stereocenters. The number of carbonyl (C=O) groups is 2. The minimum Gasteiger partial charge on any atom is -0.444 e. The Labute approximate surface area is 196 Å². The third kappa shape index (κ3) is 5.52. The van der Waals surface area contributed by atoms with Crippen molar-refractivity contribution in [1.82, 2.24) is 9.80 Å². The highest BCUT2D eigenvalue weighted by Gasteiger charge is 2.52. The van der Waals surface area contributed by atoms with Gasteiger partial charge in [-0.25, -0.2) is 9.18 Å². The number of halogens is 1. The van der Waals surface area contributed by atoms with Gasteiger partial charge in [-0.2, -0.15) is 0 Å². The van der Waals surface area contributed by atoms with E-state index in [1.807, 2.05) is 48.5 Å². The lowest BCUT2D eigenvalue weighted by atomic mass is 9.77. The second kappa shape index (κ2) is 8.91. The number of piperidine rings is 1. The molecule has 1 aromatic carbocycles. The molecule has 2 aliphatic rings. The van der Waals surface area contributed by atoms with Crippen LogP contribution in [-0.2, 0) is 14.0 Å². The monoisotopic (exact) mass is 462 g/mol. The maximum absolute atomic E-state index is 14.6. The van der Waals surface area contributed by atoms with Crippen molar-refractivity contribution >= 4 is 24.6 Å². The number of rotatable bonds is 3. The molecule has 0 bridgehead atoms. The summed E-state index contributed by atoms with van der Waals surface area (Å²) >= 11 is 0. The van der Waals surface area contributed by atoms with Gasteiger partial charge in [0.25, 0.3) is 5.91 Å². The normalized spacial score (nSPS) is 20.6. The van der Waals surface area contributed by atoms with Crippen molar-refractivity contribution in [3.8, 4) is 0 Å². The van der Waals surface area contributed by atoms with E-state index in [0.717, 1.165) is 0 Å². The molecular formula is C24H36BFN2O5. The summed E-state index contributed by atoms with van der Waals surface area (Å²) in [6.45, 7) is 14.1. The molecule has 0 saturated carbocycles. The van der Waals surface area contributed by atoms with E-state index in [1.54, 1.807) is 16.8 Å². The quantitative estimate of drug-likeness (QED) is 0.643. The van der Waals surface area contributed by atoms with Gasteiger partial charge in [0.05, 0.1) is 11.2 Å². The largest absolute Gasteiger partial charge is 0.497 e. The van der Waals surface area contributed by atoms with Crippen molar-refractivity contribution in [2.75, 3.05) is 20.1 Å². The second-order valence-corrected chi connectivity index (χ2v) is 10.9. The van der Waals surface area contributed by atoms with Crippen molar-refractivity contribution in [2.24, 2.45) is 0 Å². The summed E-state index contributed by atoms with van der Waals surface area (Å²) in [5.74, 6) is -0.645. The van der Waals surface area contributed by atoms with Crippen molar-refractivity contribution in [3.05, 3.63) is 29.6 Å². The van der Waals surface area contributed by atoms with E-state index in [-0.39, 0.29) is 23.5 Å². The van der Waals surface area contributed by atoms with Crippen molar-refractivity contribution in [2.45, 2.75) is 84.2 Å². The molecule has 7 nitrogen and oxygen atoms in total. The number of likely N-dealkylation sites (tertiary alicyclic amines) is 1. The van der Waals surface area contributed by atoms with Gasteiger partial charge in [-0.3, -0.25) is 4.79 Å². The van der Waals surface area contributed by atoms with Gasteiger partial charge >= 0.3 is 13.2 Å². The van der Waals surface area contributed by atoms with E-state index >= 15 is 0 Å². The van der Waals surface area contributed by atoms with Crippen molar-refractivity contribution in [3.63, 3.8) is 0 Å². The van der Waals surface area contributed by atoms with Crippen LogP contribution in [-0.4, -0.2) is 71.9 Å². The number of carbonyl (C=O) groups excluding carboxylic acids is 2. The molecule has 2 amide bonds. The summed E-state index contributed by atoms with van der Waals surface area (Å²) in [6.07, 6.45) is 0.928. The maximum atomic E-state index is 14.6. The minimum absolute atomic E-state index is 0.00238. The lowest BCUT2D eigenvalue weighted by molar-refractivity contribution is 0.00578. The van der Waals surface area contributed by atoms with Crippen molar-refractivity contribution in [1.29, 1.82) is 0 Å². The highest BCUT2D eigenvalue weighted by Crippen LogP contribution is 2.36. The molecule has 2 fully saturated rings. The molecule has 2 aliphatic heterocycles. The molecule has 9 heteroatoms. The van der Waals surface area contributed by atoms with Gasteiger partial charge in [-0.15, -0.1) is 0 Å². The van der Waals surface area contributed by atoms with Crippen molar-refractivity contribution < 1.29 is 28.0 Å². The Balaban J connectivity index is 1.66. The van der Waals surface area contributed by atoms with E-state index in [4.69, 9.17) is 14.0 Å². The molecule has 0 spiro atoms. The average molecular weight is 462 g/mol. The highest BCUT2D eigenvalue weighted by atomic mass is 19.1. The van der Waals surface area contributed by atoms with Gasteiger partial charge in [0, 0.05) is 37.2 Å². The van der Waals surface area contributed by atoms with Crippen LogP contribution in [0.5, 0.6) is 0 Å². The van der Waals surface area contributed by atoms with Crippen LogP contribution in [0, 0.1) is 5.82 Å². The molecule has 0 aliphatic carbocycles. The fourth-order valence-corrected chi connectivity index (χ4v) is 3.95. The van der Waals surface area contributed by atoms with Crippen LogP contribution in [0.2, 0.25) is 0 Å². The third-order valence-corrected chi connectivity index (χ3v) is 6.73. The Morgan fingerprint density at radius 3 is 2.18 bits per heavy atom. The molecule has 3 rings (SSSR count). The SMILES string of the molecule is CN(C(=O)OC(C)(C)C)C1CCN(C(=O)c2ccc(F)c(B3OC(C)(C)C(C)(C)O3)c2)CC1. The molecular weight excluding hydrogens is 426 g/mol. The summed E-state index contributed by atoms with van der Waals surface area (Å²) in [5.41, 5.74) is -1.16. The number of hydrogen-bond acceptors (Lipinski definition) is 5. The fraction of sp³-hybridized carbons (Fsp3) is 0.667. The van der Waals surface area contributed by atoms with Gasteiger partial charge in [0.1, 0.15) is 11.4 Å². The van der Waals surface area contributed by atoms with Crippen LogP contribution in [0.3, 0.4) is 0 Å². The van der Waals surface area contributed by atoms with Gasteiger partial charge in [0.2, 0.25) is 0 Å². The summed E-state index contributed by atoms with van der Waals surface area (Å²) in [7, 11) is 0.850. The molecule has 1 aromatic rings. The van der Waals surface area contributed by atoms with E-state index in [9.17, 15) is 14.0 Å². The van der Waals surface area contributed by atoms with Crippen LogP contribution >= 0.6 is 0 Å². The molecule has 2 heterocycles. The van der Waals surface area contributed by atoms with E-state index in [0.29, 0.717) is 31.5 Å². The first kappa shape index (κ1) is 25.5. The first-order valence-electron chi connectivity index (χ1n) is 11.5. The number of benzene rings is 1. The third-order valence-electron chi connectivity index (χ3n) is 6.73. The number of ether oxygens (including phenoxy) is 1. The van der Waals surface area contributed by atoms with E-state index < -0.39 is 29.7 Å². The van der Waals surface area contributed by atoms with Crippen LogP contribution < -0.4 is 5.46 Å². The Hall–Kier alpha value is -2.13. The molecule has 33 heavy (non-hydrogen) atoms.